The maximum atomic E-state index is 2.50. The van der Waals surface area contributed by atoms with Crippen molar-refractivity contribution in [3.63, 3.8) is 0 Å². The van der Waals surface area contributed by atoms with Gasteiger partial charge in [0.2, 0.25) is 17.1 Å². The summed E-state index contributed by atoms with van der Waals surface area (Å²) in [4.78, 5) is 5.00. The third-order valence-corrected chi connectivity index (χ3v) is 10.9. The monoisotopic (exact) mass is 644 g/mol. The molecule has 7 rings (SSSR count). The molecule has 0 atom stereocenters. The van der Waals surface area contributed by atoms with Gasteiger partial charge in [-0.2, -0.15) is 4.58 Å². The summed E-state index contributed by atoms with van der Waals surface area (Å²) in [6, 6.07) is 39.6. The minimum atomic E-state index is -0.0766. The summed E-state index contributed by atoms with van der Waals surface area (Å²) in [6.07, 6.45) is 12.9. The van der Waals surface area contributed by atoms with Gasteiger partial charge in [0, 0.05) is 82.1 Å². The van der Waals surface area contributed by atoms with Crippen LogP contribution in [0.15, 0.2) is 156 Å². The maximum Gasteiger partial charge on any atom is 0.218 e. The molecule has 3 aliphatic rings. The van der Waals surface area contributed by atoms with Gasteiger partial charge in [0.05, 0.1) is 0 Å². The maximum absolute atomic E-state index is 2.50. The molecule has 49 heavy (non-hydrogen) atoms. The van der Waals surface area contributed by atoms with Gasteiger partial charge in [-0.05, 0) is 68.5 Å². The van der Waals surface area contributed by atoms with E-state index in [-0.39, 0.29) is 10.8 Å². The topological polar surface area (TPSA) is 9.49 Å². The molecule has 0 unspecified atom stereocenters. The number of para-hydroxylation sites is 4. The minimum absolute atomic E-state index is 0.0766. The Morgan fingerprint density at radius 1 is 0.531 bits per heavy atom. The van der Waals surface area contributed by atoms with Crippen LogP contribution >= 0.6 is 0 Å². The molecule has 1 saturated carbocycles. The molecule has 0 saturated heterocycles. The zero-order valence-electron chi connectivity index (χ0n) is 30.1. The lowest BCUT2D eigenvalue weighted by molar-refractivity contribution is 0.633. The van der Waals surface area contributed by atoms with Crippen molar-refractivity contribution < 1.29 is 0 Å². The highest BCUT2D eigenvalue weighted by atomic mass is 15.2. The summed E-state index contributed by atoms with van der Waals surface area (Å²) >= 11 is 0. The van der Waals surface area contributed by atoms with Gasteiger partial charge in [-0.1, -0.05) is 113 Å². The van der Waals surface area contributed by atoms with Crippen LogP contribution in [0.3, 0.4) is 0 Å². The molecule has 3 heteroatoms. The fraction of sp³-hybridized carbons (Fsp3) is 0.283. The van der Waals surface area contributed by atoms with Crippen LogP contribution in [-0.2, 0) is 10.8 Å². The number of hydrogen-bond donors (Lipinski definition) is 0. The van der Waals surface area contributed by atoms with Crippen LogP contribution in [0.1, 0.15) is 71.9 Å². The Balaban J connectivity index is 1.44. The first kappa shape index (κ1) is 32.6. The molecule has 248 valence electrons. The van der Waals surface area contributed by atoms with Crippen LogP contribution in [0.25, 0.3) is 0 Å². The number of likely N-dealkylation sites (N-methyl/N-ethyl adjacent to an activating group) is 2. The number of fused-ring (bicyclic) bond motifs is 2. The number of nitrogens with zero attached hydrogens (tertiary/aromatic N) is 3. The molecular weight excluding hydrogens is 595 g/mol. The Morgan fingerprint density at radius 3 is 1.33 bits per heavy atom. The normalized spacial score (nSPS) is 21.1. The molecule has 1 fully saturated rings. The molecule has 0 N–H and O–H groups in total. The second kappa shape index (κ2) is 13.2. The molecule has 4 aromatic carbocycles. The molecule has 0 amide bonds. The van der Waals surface area contributed by atoms with Gasteiger partial charge >= 0.3 is 0 Å². The van der Waals surface area contributed by atoms with Crippen molar-refractivity contribution in [1.29, 1.82) is 0 Å². The van der Waals surface area contributed by atoms with Crippen molar-refractivity contribution in [3.05, 3.63) is 167 Å². The SMILES string of the molecule is CCN1C(=CC=C2CCCC(=CC=C3N(CC)c4ccccc4C3(C)C)C2=[N+](c2ccccc2)c2ccccc2)C(C)(C)c2ccccc21. The quantitative estimate of drug-likeness (QED) is 0.193. The molecule has 2 heterocycles. The predicted molar refractivity (Wildman–Crippen MR) is 211 cm³/mol. The summed E-state index contributed by atoms with van der Waals surface area (Å²) < 4.78 is 2.49. The van der Waals surface area contributed by atoms with E-state index in [4.69, 9.17) is 0 Å². The highest BCUT2D eigenvalue weighted by Crippen LogP contribution is 2.49. The molecular formula is C46H50N3+. The van der Waals surface area contributed by atoms with Crippen LogP contribution < -0.4 is 14.4 Å². The Labute approximate surface area is 293 Å². The Kier molecular flexibility index (Phi) is 8.79. The highest BCUT2D eigenvalue weighted by Gasteiger charge is 2.40. The van der Waals surface area contributed by atoms with E-state index in [1.807, 2.05) is 0 Å². The fourth-order valence-electron chi connectivity index (χ4n) is 8.41. The number of benzene rings is 4. The largest absolute Gasteiger partial charge is 0.344 e. The van der Waals surface area contributed by atoms with Gasteiger partial charge in [-0.25, -0.2) is 0 Å². The second-order valence-corrected chi connectivity index (χ2v) is 14.5. The average molecular weight is 645 g/mol. The molecule has 0 bridgehead atoms. The molecule has 0 radical (unpaired) electrons. The van der Waals surface area contributed by atoms with Crippen molar-refractivity contribution in [2.45, 2.75) is 71.6 Å². The molecule has 4 aromatic rings. The lowest BCUT2D eigenvalue weighted by atomic mass is 9.82. The Morgan fingerprint density at radius 2 is 0.918 bits per heavy atom. The van der Waals surface area contributed by atoms with E-state index in [9.17, 15) is 0 Å². The Hall–Kier alpha value is -4.89. The average Bonchev–Trinajstić information content (AvgIpc) is 3.49. The van der Waals surface area contributed by atoms with Crippen LogP contribution in [0.2, 0.25) is 0 Å². The van der Waals surface area contributed by atoms with Crippen molar-refractivity contribution in [1.82, 2.24) is 4.58 Å². The molecule has 3 nitrogen and oxygen atoms in total. The zero-order valence-corrected chi connectivity index (χ0v) is 30.1. The van der Waals surface area contributed by atoms with E-state index in [1.54, 1.807) is 0 Å². The minimum Gasteiger partial charge on any atom is -0.344 e. The summed E-state index contributed by atoms with van der Waals surface area (Å²) in [6.45, 7) is 15.9. The summed E-state index contributed by atoms with van der Waals surface area (Å²) in [5.74, 6) is 0. The number of rotatable bonds is 6. The van der Waals surface area contributed by atoms with E-state index >= 15 is 0 Å². The summed E-state index contributed by atoms with van der Waals surface area (Å²) in [7, 11) is 0. The van der Waals surface area contributed by atoms with Crippen molar-refractivity contribution in [3.8, 4) is 0 Å². The Bertz CT molecular complexity index is 1860. The molecule has 0 spiro atoms. The van der Waals surface area contributed by atoms with Crippen LogP contribution in [0.4, 0.5) is 22.7 Å². The number of anilines is 2. The molecule has 0 aromatic heterocycles. The first-order chi connectivity index (χ1) is 23.8. The van der Waals surface area contributed by atoms with E-state index < -0.39 is 0 Å². The van der Waals surface area contributed by atoms with Crippen LogP contribution in [0, 0.1) is 0 Å². The van der Waals surface area contributed by atoms with Gasteiger partial charge in [-0.15, -0.1) is 0 Å². The van der Waals surface area contributed by atoms with Gasteiger partial charge in [-0.3, -0.25) is 0 Å². The van der Waals surface area contributed by atoms with Crippen molar-refractivity contribution >= 4 is 28.5 Å². The van der Waals surface area contributed by atoms with Gasteiger partial charge in [0.1, 0.15) is 0 Å². The smallest absolute Gasteiger partial charge is 0.218 e. The highest BCUT2D eigenvalue weighted by molar-refractivity contribution is 6.16. The molecule has 2 aliphatic heterocycles. The van der Waals surface area contributed by atoms with Gasteiger partial charge < -0.3 is 9.80 Å². The lowest BCUT2D eigenvalue weighted by Gasteiger charge is -2.27. The van der Waals surface area contributed by atoms with Gasteiger partial charge in [0.15, 0.2) is 0 Å². The van der Waals surface area contributed by atoms with E-state index in [0.29, 0.717) is 0 Å². The first-order valence-electron chi connectivity index (χ1n) is 18.1. The van der Waals surface area contributed by atoms with E-state index in [0.717, 1.165) is 32.4 Å². The zero-order chi connectivity index (χ0) is 34.2. The lowest BCUT2D eigenvalue weighted by Crippen LogP contribution is -2.27. The molecule has 1 aliphatic carbocycles. The number of hydrogen-bond acceptors (Lipinski definition) is 2. The van der Waals surface area contributed by atoms with E-state index in [2.05, 4.69) is 189 Å². The van der Waals surface area contributed by atoms with E-state index in [1.165, 1.54) is 62.1 Å². The summed E-state index contributed by atoms with van der Waals surface area (Å²) in [5, 5.41) is 0. The van der Waals surface area contributed by atoms with Crippen molar-refractivity contribution in [2.75, 3.05) is 22.9 Å². The van der Waals surface area contributed by atoms with Crippen LogP contribution in [0.5, 0.6) is 0 Å². The second-order valence-electron chi connectivity index (χ2n) is 14.5. The fourth-order valence-corrected chi connectivity index (χ4v) is 8.41. The van der Waals surface area contributed by atoms with Gasteiger partial charge in [0.25, 0.3) is 0 Å². The third-order valence-electron chi connectivity index (χ3n) is 10.9. The number of allylic oxidation sites excluding steroid dienone is 8. The first-order valence-corrected chi connectivity index (χ1v) is 18.1. The van der Waals surface area contributed by atoms with Crippen molar-refractivity contribution in [2.24, 2.45) is 0 Å². The van der Waals surface area contributed by atoms with Crippen LogP contribution in [-0.4, -0.2) is 18.8 Å². The summed E-state index contributed by atoms with van der Waals surface area (Å²) in [5.41, 5.74) is 14.4. The predicted octanol–water partition coefficient (Wildman–Crippen LogP) is 11.4. The standard InChI is InChI=1S/C46H50N3/c1-7-47-40-28-17-15-26-38(40)45(3,4)42(47)32-30-34-20-19-21-35(31-33-43-46(5,6)39-27-16-18-29-41(39)48(43)8-2)44(34)49(36-22-11-9-12-23-36)37-24-13-10-14-25-37/h9-18,22-33H,7-8,19-21H2,1-6H3/q+1. The third kappa shape index (κ3) is 5.69.